The SMILES string of the molecule is CCOCCC(=O)OCC(C)(C)OCC(C)(C)F. The minimum Gasteiger partial charge on any atom is -0.463 e. The van der Waals surface area contributed by atoms with E-state index in [1.807, 2.05) is 6.92 Å². The van der Waals surface area contributed by atoms with E-state index >= 15 is 0 Å². The average molecular weight is 264 g/mol. The van der Waals surface area contributed by atoms with Crippen LogP contribution in [0.1, 0.15) is 41.0 Å². The van der Waals surface area contributed by atoms with E-state index in [0.717, 1.165) is 0 Å². The van der Waals surface area contributed by atoms with Gasteiger partial charge in [-0.25, -0.2) is 4.39 Å². The van der Waals surface area contributed by atoms with E-state index in [1.54, 1.807) is 13.8 Å². The second-order valence-corrected chi connectivity index (χ2v) is 5.37. The molecule has 0 radical (unpaired) electrons. The van der Waals surface area contributed by atoms with Gasteiger partial charge in [0.2, 0.25) is 0 Å². The molecule has 0 rings (SSSR count). The molecule has 0 N–H and O–H groups in total. The molecule has 0 aromatic heterocycles. The molecule has 0 saturated heterocycles. The first-order valence-corrected chi connectivity index (χ1v) is 6.22. The Bertz CT molecular complexity index is 246. The lowest BCUT2D eigenvalue weighted by molar-refractivity contribution is -0.156. The maximum Gasteiger partial charge on any atom is 0.308 e. The molecule has 4 nitrogen and oxygen atoms in total. The highest BCUT2D eigenvalue weighted by molar-refractivity contribution is 5.69. The molecule has 5 heteroatoms. The lowest BCUT2D eigenvalue weighted by atomic mass is 10.1. The number of esters is 1. The van der Waals surface area contributed by atoms with Crippen molar-refractivity contribution in [2.24, 2.45) is 0 Å². The summed E-state index contributed by atoms with van der Waals surface area (Å²) in [5.41, 5.74) is -2.08. The van der Waals surface area contributed by atoms with Crippen LogP contribution in [0.25, 0.3) is 0 Å². The van der Waals surface area contributed by atoms with Gasteiger partial charge in [0.15, 0.2) is 0 Å². The Kier molecular flexibility index (Phi) is 7.40. The van der Waals surface area contributed by atoms with Crippen LogP contribution in [0.15, 0.2) is 0 Å². The number of rotatable bonds is 9. The molecule has 0 heterocycles. The number of halogens is 1. The van der Waals surface area contributed by atoms with Gasteiger partial charge in [-0.2, -0.15) is 0 Å². The molecule has 0 aliphatic carbocycles. The number of hydrogen-bond donors (Lipinski definition) is 0. The van der Waals surface area contributed by atoms with Crippen molar-refractivity contribution >= 4 is 5.97 Å². The van der Waals surface area contributed by atoms with Crippen LogP contribution >= 0.6 is 0 Å². The van der Waals surface area contributed by atoms with Gasteiger partial charge < -0.3 is 14.2 Å². The van der Waals surface area contributed by atoms with E-state index in [-0.39, 0.29) is 25.6 Å². The first-order valence-electron chi connectivity index (χ1n) is 6.22. The molecule has 0 bridgehead atoms. The Hall–Kier alpha value is -0.680. The van der Waals surface area contributed by atoms with Crippen molar-refractivity contribution in [3.8, 4) is 0 Å². The Morgan fingerprint density at radius 2 is 1.78 bits per heavy atom. The molecule has 0 saturated carbocycles. The molecule has 0 aliphatic heterocycles. The maximum absolute atomic E-state index is 13.3. The fourth-order valence-electron chi connectivity index (χ4n) is 1.03. The first kappa shape index (κ1) is 17.3. The van der Waals surface area contributed by atoms with Crippen LogP contribution in [0, 0.1) is 0 Å². The van der Waals surface area contributed by atoms with E-state index in [0.29, 0.717) is 13.2 Å². The van der Waals surface area contributed by atoms with Crippen molar-refractivity contribution in [1.29, 1.82) is 0 Å². The van der Waals surface area contributed by atoms with Gasteiger partial charge >= 0.3 is 5.97 Å². The predicted octanol–water partition coefficient (Wildman–Crippen LogP) is 2.50. The number of hydrogen-bond acceptors (Lipinski definition) is 4. The highest BCUT2D eigenvalue weighted by Crippen LogP contribution is 2.16. The summed E-state index contributed by atoms with van der Waals surface area (Å²) in [4.78, 5) is 11.3. The summed E-state index contributed by atoms with van der Waals surface area (Å²) in [6.07, 6.45) is 0.221. The van der Waals surface area contributed by atoms with Gasteiger partial charge in [-0.3, -0.25) is 4.79 Å². The molecule has 0 aromatic rings. The molecular formula is C13H25FO4. The molecule has 18 heavy (non-hydrogen) atoms. The molecule has 0 unspecified atom stereocenters. The van der Waals surface area contributed by atoms with Gasteiger partial charge in [0, 0.05) is 6.61 Å². The van der Waals surface area contributed by atoms with Crippen LogP contribution in [0.5, 0.6) is 0 Å². The number of carbonyl (C=O) groups excluding carboxylic acids is 1. The van der Waals surface area contributed by atoms with Crippen molar-refractivity contribution in [2.75, 3.05) is 26.4 Å². The Morgan fingerprint density at radius 3 is 2.28 bits per heavy atom. The lowest BCUT2D eigenvalue weighted by Gasteiger charge is -2.27. The summed E-state index contributed by atoms with van der Waals surface area (Å²) in [5, 5.41) is 0. The first-order chi connectivity index (χ1) is 8.16. The smallest absolute Gasteiger partial charge is 0.308 e. The van der Waals surface area contributed by atoms with Crippen molar-refractivity contribution in [3.05, 3.63) is 0 Å². The summed E-state index contributed by atoms with van der Waals surface area (Å²) in [7, 11) is 0. The predicted molar refractivity (Wildman–Crippen MR) is 67.3 cm³/mol. The molecule has 0 spiro atoms. The van der Waals surface area contributed by atoms with E-state index in [9.17, 15) is 9.18 Å². The summed E-state index contributed by atoms with van der Waals surface area (Å²) in [5.74, 6) is -0.334. The van der Waals surface area contributed by atoms with Crippen LogP contribution in [-0.4, -0.2) is 43.7 Å². The zero-order valence-corrected chi connectivity index (χ0v) is 12.0. The fraction of sp³-hybridized carbons (Fsp3) is 0.923. The van der Waals surface area contributed by atoms with Gasteiger partial charge in [0.05, 0.1) is 25.2 Å². The second-order valence-electron chi connectivity index (χ2n) is 5.37. The average Bonchev–Trinajstić information content (AvgIpc) is 2.24. The third-order valence-corrected chi connectivity index (χ3v) is 2.04. The number of carbonyl (C=O) groups is 1. The summed E-state index contributed by atoms with van der Waals surface area (Å²) in [6, 6.07) is 0. The molecule has 108 valence electrons. The van der Waals surface area contributed by atoms with Gasteiger partial charge in [-0.15, -0.1) is 0 Å². The minimum absolute atomic E-state index is 0.0313. The third kappa shape index (κ3) is 10.5. The highest BCUT2D eigenvalue weighted by Gasteiger charge is 2.25. The molecule has 0 aromatic carbocycles. The normalized spacial score (nSPS) is 12.6. The van der Waals surface area contributed by atoms with E-state index in [2.05, 4.69) is 0 Å². The van der Waals surface area contributed by atoms with Crippen molar-refractivity contribution in [3.63, 3.8) is 0 Å². The van der Waals surface area contributed by atoms with E-state index < -0.39 is 11.3 Å². The topological polar surface area (TPSA) is 44.8 Å². The van der Waals surface area contributed by atoms with Crippen LogP contribution in [-0.2, 0) is 19.0 Å². The van der Waals surface area contributed by atoms with Gasteiger partial charge in [-0.05, 0) is 34.6 Å². The van der Waals surface area contributed by atoms with Crippen molar-refractivity contribution in [1.82, 2.24) is 0 Å². The zero-order valence-electron chi connectivity index (χ0n) is 12.0. The summed E-state index contributed by atoms with van der Waals surface area (Å²) < 4.78 is 28.8. The van der Waals surface area contributed by atoms with E-state index in [1.165, 1.54) is 13.8 Å². The van der Waals surface area contributed by atoms with Crippen LogP contribution in [0.4, 0.5) is 4.39 Å². The lowest BCUT2D eigenvalue weighted by Crippen LogP contribution is -2.36. The monoisotopic (exact) mass is 264 g/mol. The highest BCUT2D eigenvalue weighted by atomic mass is 19.1. The molecule has 0 aliphatic rings. The maximum atomic E-state index is 13.3. The number of alkyl halides is 1. The molecule has 0 atom stereocenters. The molecule has 0 amide bonds. The summed E-state index contributed by atoms with van der Waals surface area (Å²) in [6.45, 7) is 9.27. The number of ether oxygens (including phenoxy) is 3. The quantitative estimate of drug-likeness (QED) is 0.474. The Balaban J connectivity index is 3.84. The third-order valence-electron chi connectivity index (χ3n) is 2.04. The zero-order chi connectivity index (χ0) is 14.2. The largest absolute Gasteiger partial charge is 0.463 e. The Morgan fingerprint density at radius 1 is 1.17 bits per heavy atom. The van der Waals surface area contributed by atoms with E-state index in [4.69, 9.17) is 14.2 Å². The standard InChI is InChI=1S/C13H25FO4/c1-6-16-8-7-11(15)17-10-13(4,5)18-9-12(2,3)14/h6-10H2,1-5H3. The molecular weight excluding hydrogens is 239 g/mol. The van der Waals surface area contributed by atoms with Gasteiger partial charge in [-0.1, -0.05) is 0 Å². The van der Waals surface area contributed by atoms with Crippen LogP contribution in [0.2, 0.25) is 0 Å². The van der Waals surface area contributed by atoms with Crippen LogP contribution < -0.4 is 0 Å². The second kappa shape index (κ2) is 7.69. The van der Waals surface area contributed by atoms with Gasteiger partial charge in [0.1, 0.15) is 12.3 Å². The van der Waals surface area contributed by atoms with Crippen LogP contribution in [0.3, 0.4) is 0 Å². The Labute approximate surface area is 109 Å². The minimum atomic E-state index is -1.39. The van der Waals surface area contributed by atoms with Gasteiger partial charge in [0.25, 0.3) is 0 Å². The fourth-order valence-corrected chi connectivity index (χ4v) is 1.03. The van der Waals surface area contributed by atoms with Crippen molar-refractivity contribution < 1.29 is 23.4 Å². The summed E-state index contributed by atoms with van der Waals surface area (Å²) >= 11 is 0. The van der Waals surface area contributed by atoms with Crippen molar-refractivity contribution in [2.45, 2.75) is 52.3 Å². The molecule has 0 fully saturated rings.